The van der Waals surface area contributed by atoms with Crippen LogP contribution in [-0.2, 0) is 22.6 Å². The first-order chi connectivity index (χ1) is 16.9. The Kier molecular flexibility index (Phi) is 8.25. The Hall–Kier alpha value is -3.10. The summed E-state index contributed by atoms with van der Waals surface area (Å²) in [5, 5.41) is 6.65. The highest BCUT2D eigenvalue weighted by molar-refractivity contribution is 7.99. The maximum absolute atomic E-state index is 12.8. The molecule has 0 bridgehead atoms. The topological polar surface area (TPSA) is 85.3 Å². The van der Waals surface area contributed by atoms with Gasteiger partial charge in [0, 0.05) is 18.8 Å². The van der Waals surface area contributed by atoms with Crippen molar-refractivity contribution in [1.29, 1.82) is 0 Å². The smallest absolute Gasteiger partial charge is 0.253 e. The summed E-state index contributed by atoms with van der Waals surface area (Å²) in [6.45, 7) is 8.04. The Morgan fingerprint density at radius 2 is 1.89 bits per heavy atom. The fraction of sp³-hybridized carbons (Fsp3) is 0.370. The molecule has 7 nitrogen and oxygen atoms in total. The SMILES string of the molecule is Cc1ccc(CNC(=O)c2ccccc2NC(=O)CSc2nc(C)c(C)n2CC2CCCO2)cc1. The minimum Gasteiger partial charge on any atom is -0.376 e. The number of carbonyl (C=O) groups excluding carboxylic acids is 2. The number of thioether (sulfide) groups is 1. The van der Waals surface area contributed by atoms with Crippen LogP contribution in [0.15, 0.2) is 53.7 Å². The number of benzene rings is 2. The van der Waals surface area contributed by atoms with Crippen LogP contribution in [0.2, 0.25) is 0 Å². The highest BCUT2D eigenvalue weighted by atomic mass is 32.2. The second-order valence-corrected chi connectivity index (χ2v) is 9.80. The predicted octanol–water partition coefficient (Wildman–Crippen LogP) is 4.65. The first kappa shape index (κ1) is 25.0. The lowest BCUT2D eigenvalue weighted by atomic mass is 10.1. The van der Waals surface area contributed by atoms with Gasteiger partial charge >= 0.3 is 0 Å². The number of aryl methyl sites for hydroxylation is 2. The van der Waals surface area contributed by atoms with E-state index in [1.54, 1.807) is 24.3 Å². The van der Waals surface area contributed by atoms with E-state index < -0.39 is 0 Å². The highest BCUT2D eigenvalue weighted by Gasteiger charge is 2.21. The van der Waals surface area contributed by atoms with Crippen LogP contribution in [0.1, 0.15) is 45.7 Å². The lowest BCUT2D eigenvalue weighted by molar-refractivity contribution is -0.113. The van der Waals surface area contributed by atoms with Crippen LogP contribution in [0.5, 0.6) is 0 Å². The van der Waals surface area contributed by atoms with Gasteiger partial charge in [0.1, 0.15) is 0 Å². The molecule has 1 aromatic heterocycles. The predicted molar refractivity (Wildman–Crippen MR) is 139 cm³/mol. The molecule has 8 heteroatoms. The summed E-state index contributed by atoms with van der Waals surface area (Å²) in [5.74, 6) is -0.218. The summed E-state index contributed by atoms with van der Waals surface area (Å²) in [6.07, 6.45) is 2.32. The summed E-state index contributed by atoms with van der Waals surface area (Å²) in [4.78, 5) is 30.3. The van der Waals surface area contributed by atoms with Crippen LogP contribution in [0.4, 0.5) is 5.69 Å². The minimum absolute atomic E-state index is 0.184. The molecule has 2 amide bonds. The summed E-state index contributed by atoms with van der Waals surface area (Å²) in [5.41, 5.74) is 5.18. The third-order valence-electron chi connectivity index (χ3n) is 6.18. The van der Waals surface area contributed by atoms with Crippen LogP contribution in [0, 0.1) is 20.8 Å². The second kappa shape index (κ2) is 11.6. The Morgan fingerprint density at radius 3 is 2.63 bits per heavy atom. The van der Waals surface area contributed by atoms with Crippen molar-refractivity contribution in [3.8, 4) is 0 Å². The molecule has 1 unspecified atom stereocenters. The Balaban J connectivity index is 1.36. The molecule has 1 aliphatic rings. The molecule has 2 aromatic carbocycles. The van der Waals surface area contributed by atoms with Gasteiger partial charge in [0.05, 0.1) is 35.3 Å². The van der Waals surface area contributed by atoms with E-state index in [0.29, 0.717) is 17.8 Å². The van der Waals surface area contributed by atoms with Crippen molar-refractivity contribution in [2.45, 2.75) is 58.0 Å². The van der Waals surface area contributed by atoms with E-state index in [4.69, 9.17) is 4.74 Å². The van der Waals surface area contributed by atoms with Gasteiger partial charge < -0.3 is 19.9 Å². The van der Waals surface area contributed by atoms with Crippen molar-refractivity contribution in [1.82, 2.24) is 14.9 Å². The third-order valence-corrected chi connectivity index (χ3v) is 7.16. The van der Waals surface area contributed by atoms with Crippen molar-refractivity contribution >= 4 is 29.3 Å². The Bertz CT molecular complexity index is 1180. The van der Waals surface area contributed by atoms with Crippen molar-refractivity contribution in [2.75, 3.05) is 17.7 Å². The number of carbonyl (C=O) groups is 2. The van der Waals surface area contributed by atoms with E-state index in [-0.39, 0.29) is 23.7 Å². The van der Waals surface area contributed by atoms with Gasteiger partial charge in [-0.05, 0) is 51.3 Å². The summed E-state index contributed by atoms with van der Waals surface area (Å²) < 4.78 is 7.94. The van der Waals surface area contributed by atoms with Crippen LogP contribution < -0.4 is 10.6 Å². The fourth-order valence-electron chi connectivity index (χ4n) is 4.03. The molecule has 0 aliphatic carbocycles. The Morgan fingerprint density at radius 1 is 1.11 bits per heavy atom. The van der Waals surface area contributed by atoms with E-state index in [0.717, 1.165) is 48.1 Å². The molecule has 1 atom stereocenters. The molecule has 184 valence electrons. The molecule has 0 radical (unpaired) electrons. The van der Waals surface area contributed by atoms with Gasteiger partial charge in [-0.25, -0.2) is 4.98 Å². The van der Waals surface area contributed by atoms with E-state index in [1.807, 2.05) is 45.0 Å². The molecule has 2 heterocycles. The van der Waals surface area contributed by atoms with Crippen molar-refractivity contribution in [3.05, 3.63) is 76.6 Å². The quantitative estimate of drug-likeness (QED) is 0.425. The number of amides is 2. The molecule has 0 spiro atoms. The number of rotatable bonds is 9. The minimum atomic E-state index is -0.229. The van der Waals surface area contributed by atoms with E-state index in [9.17, 15) is 9.59 Å². The largest absolute Gasteiger partial charge is 0.376 e. The van der Waals surface area contributed by atoms with Crippen LogP contribution in [0.25, 0.3) is 0 Å². The van der Waals surface area contributed by atoms with Gasteiger partial charge in [-0.3, -0.25) is 9.59 Å². The summed E-state index contributed by atoms with van der Waals surface area (Å²) in [7, 11) is 0. The Labute approximate surface area is 210 Å². The lowest BCUT2D eigenvalue weighted by Gasteiger charge is -2.15. The van der Waals surface area contributed by atoms with Gasteiger partial charge in [0.25, 0.3) is 5.91 Å². The average Bonchev–Trinajstić information content (AvgIpc) is 3.46. The number of hydrogen-bond donors (Lipinski definition) is 2. The van der Waals surface area contributed by atoms with Crippen molar-refractivity contribution in [2.24, 2.45) is 0 Å². The van der Waals surface area contributed by atoms with Gasteiger partial charge in [-0.1, -0.05) is 53.7 Å². The number of hydrogen-bond acceptors (Lipinski definition) is 5. The number of para-hydroxylation sites is 1. The van der Waals surface area contributed by atoms with E-state index >= 15 is 0 Å². The maximum atomic E-state index is 12.8. The number of anilines is 1. The fourth-order valence-corrected chi connectivity index (χ4v) is 4.93. The van der Waals surface area contributed by atoms with Crippen molar-refractivity contribution in [3.63, 3.8) is 0 Å². The standard InChI is InChI=1S/C27H32N4O3S/c1-18-10-12-21(13-11-18)15-28-26(33)23-8-4-5-9-24(23)30-25(32)17-35-27-29-19(2)20(3)31(27)16-22-7-6-14-34-22/h4-5,8-13,22H,6-7,14-17H2,1-3H3,(H,28,33)(H,30,32). The zero-order valence-corrected chi connectivity index (χ0v) is 21.3. The number of aromatic nitrogens is 2. The molecule has 4 rings (SSSR count). The molecule has 2 N–H and O–H groups in total. The molecule has 1 saturated heterocycles. The van der Waals surface area contributed by atoms with Crippen LogP contribution in [-0.4, -0.2) is 39.8 Å². The molecule has 0 saturated carbocycles. The summed E-state index contributed by atoms with van der Waals surface area (Å²) >= 11 is 1.40. The van der Waals surface area contributed by atoms with Gasteiger partial charge in [-0.2, -0.15) is 0 Å². The molecule has 3 aromatic rings. The van der Waals surface area contributed by atoms with Gasteiger partial charge in [0.2, 0.25) is 5.91 Å². The maximum Gasteiger partial charge on any atom is 0.253 e. The monoisotopic (exact) mass is 492 g/mol. The van der Waals surface area contributed by atoms with Gasteiger partial charge in [0.15, 0.2) is 5.16 Å². The summed E-state index contributed by atoms with van der Waals surface area (Å²) in [6, 6.07) is 15.1. The van der Waals surface area contributed by atoms with E-state index in [1.165, 1.54) is 17.3 Å². The average molecular weight is 493 g/mol. The van der Waals surface area contributed by atoms with E-state index in [2.05, 4.69) is 20.2 Å². The van der Waals surface area contributed by atoms with Crippen LogP contribution in [0.3, 0.4) is 0 Å². The highest BCUT2D eigenvalue weighted by Crippen LogP contribution is 2.25. The third kappa shape index (κ3) is 6.52. The van der Waals surface area contributed by atoms with Crippen LogP contribution >= 0.6 is 11.8 Å². The number of nitrogens with zero attached hydrogens (tertiary/aromatic N) is 2. The molecule has 1 fully saturated rings. The zero-order valence-electron chi connectivity index (χ0n) is 20.5. The van der Waals surface area contributed by atoms with Crippen molar-refractivity contribution < 1.29 is 14.3 Å². The number of nitrogens with one attached hydrogen (secondary N) is 2. The molecular formula is C27H32N4O3S. The number of imidazole rings is 1. The van der Waals surface area contributed by atoms with Gasteiger partial charge in [-0.15, -0.1) is 0 Å². The molecule has 1 aliphatic heterocycles. The molecular weight excluding hydrogens is 460 g/mol. The molecule has 35 heavy (non-hydrogen) atoms. The first-order valence-electron chi connectivity index (χ1n) is 11.9. The first-order valence-corrected chi connectivity index (χ1v) is 12.9. The number of ether oxygens (including phenoxy) is 1. The normalized spacial score (nSPS) is 15.2. The lowest BCUT2D eigenvalue weighted by Crippen LogP contribution is -2.25. The zero-order chi connectivity index (χ0) is 24.8. The second-order valence-electron chi connectivity index (χ2n) is 8.86.